The SMILES string of the molecule is COc1ccccc1C(CN)Cc1cccs1. The van der Waals surface area contributed by atoms with Crippen LogP contribution in [0.4, 0.5) is 0 Å². The van der Waals surface area contributed by atoms with E-state index >= 15 is 0 Å². The molecule has 0 amide bonds. The van der Waals surface area contributed by atoms with E-state index in [1.54, 1.807) is 18.4 Å². The van der Waals surface area contributed by atoms with E-state index in [2.05, 4.69) is 23.6 Å². The lowest BCUT2D eigenvalue weighted by Gasteiger charge is -2.17. The minimum atomic E-state index is 0.324. The van der Waals surface area contributed by atoms with Crippen molar-refractivity contribution in [3.8, 4) is 5.75 Å². The number of rotatable bonds is 5. The highest BCUT2D eigenvalue weighted by Crippen LogP contribution is 2.29. The molecule has 1 atom stereocenters. The normalized spacial score (nSPS) is 12.4. The third-order valence-corrected chi connectivity index (χ3v) is 3.79. The number of benzene rings is 1. The van der Waals surface area contributed by atoms with Crippen LogP contribution in [0.2, 0.25) is 0 Å². The summed E-state index contributed by atoms with van der Waals surface area (Å²) in [6.07, 6.45) is 0.981. The molecule has 17 heavy (non-hydrogen) atoms. The number of nitrogens with two attached hydrogens (primary N) is 1. The Kier molecular flexibility index (Phi) is 4.18. The Hall–Kier alpha value is -1.32. The Labute approximate surface area is 106 Å². The fraction of sp³-hybridized carbons (Fsp3) is 0.286. The summed E-state index contributed by atoms with van der Waals surface area (Å²) in [6.45, 7) is 0.637. The highest BCUT2D eigenvalue weighted by atomic mass is 32.1. The molecule has 0 saturated heterocycles. The summed E-state index contributed by atoms with van der Waals surface area (Å²) >= 11 is 1.78. The Morgan fingerprint density at radius 3 is 2.71 bits per heavy atom. The van der Waals surface area contributed by atoms with Crippen molar-refractivity contribution in [2.24, 2.45) is 5.73 Å². The monoisotopic (exact) mass is 247 g/mol. The van der Waals surface area contributed by atoms with Gasteiger partial charge in [0.15, 0.2) is 0 Å². The fourth-order valence-electron chi connectivity index (χ4n) is 2.00. The van der Waals surface area contributed by atoms with Crippen molar-refractivity contribution in [3.63, 3.8) is 0 Å². The average Bonchev–Trinajstić information content (AvgIpc) is 2.89. The van der Waals surface area contributed by atoms with Gasteiger partial charge in [-0.2, -0.15) is 0 Å². The quantitative estimate of drug-likeness (QED) is 0.881. The molecule has 0 aliphatic rings. The molecule has 0 saturated carbocycles. The Morgan fingerprint density at radius 2 is 2.06 bits per heavy atom. The van der Waals surface area contributed by atoms with Crippen LogP contribution in [0.5, 0.6) is 5.75 Å². The zero-order chi connectivity index (χ0) is 12.1. The van der Waals surface area contributed by atoms with Gasteiger partial charge in [0.25, 0.3) is 0 Å². The fourth-order valence-corrected chi connectivity index (χ4v) is 2.78. The molecule has 2 aromatic rings. The number of para-hydroxylation sites is 1. The zero-order valence-corrected chi connectivity index (χ0v) is 10.7. The van der Waals surface area contributed by atoms with Crippen molar-refractivity contribution in [3.05, 3.63) is 52.2 Å². The molecule has 3 heteroatoms. The number of ether oxygens (including phenoxy) is 1. The van der Waals surface area contributed by atoms with Crippen molar-refractivity contribution >= 4 is 11.3 Å². The van der Waals surface area contributed by atoms with Crippen LogP contribution in [0.3, 0.4) is 0 Å². The number of thiophene rings is 1. The maximum Gasteiger partial charge on any atom is 0.122 e. The number of hydrogen-bond donors (Lipinski definition) is 1. The van der Waals surface area contributed by atoms with E-state index in [4.69, 9.17) is 10.5 Å². The molecule has 1 aromatic heterocycles. The molecular weight excluding hydrogens is 230 g/mol. The summed E-state index contributed by atoms with van der Waals surface area (Å²) in [4.78, 5) is 1.37. The molecule has 0 spiro atoms. The van der Waals surface area contributed by atoms with Gasteiger partial charge in [-0.15, -0.1) is 11.3 Å². The minimum absolute atomic E-state index is 0.324. The molecule has 1 aromatic carbocycles. The molecule has 0 aliphatic heterocycles. The van der Waals surface area contributed by atoms with Crippen LogP contribution < -0.4 is 10.5 Å². The lowest BCUT2D eigenvalue weighted by atomic mass is 9.94. The highest BCUT2D eigenvalue weighted by molar-refractivity contribution is 7.09. The summed E-state index contributed by atoms with van der Waals surface area (Å²) in [5, 5.41) is 2.10. The standard InChI is InChI=1S/C14H17NOS/c1-16-14-7-3-2-6-13(14)11(10-15)9-12-5-4-8-17-12/h2-8,11H,9-10,15H2,1H3. The lowest BCUT2D eigenvalue weighted by molar-refractivity contribution is 0.405. The summed E-state index contributed by atoms with van der Waals surface area (Å²) in [5.74, 6) is 1.25. The van der Waals surface area contributed by atoms with E-state index in [1.807, 2.05) is 18.2 Å². The molecule has 2 N–H and O–H groups in total. The molecule has 90 valence electrons. The predicted molar refractivity (Wildman–Crippen MR) is 72.8 cm³/mol. The van der Waals surface area contributed by atoms with Crippen LogP contribution in [0, 0.1) is 0 Å². The van der Waals surface area contributed by atoms with E-state index in [-0.39, 0.29) is 0 Å². The van der Waals surface area contributed by atoms with E-state index in [0.29, 0.717) is 12.5 Å². The van der Waals surface area contributed by atoms with Gasteiger partial charge < -0.3 is 10.5 Å². The van der Waals surface area contributed by atoms with Gasteiger partial charge in [0, 0.05) is 10.8 Å². The lowest BCUT2D eigenvalue weighted by Crippen LogP contribution is -2.15. The first-order valence-corrected chi connectivity index (χ1v) is 6.58. The summed E-state index contributed by atoms with van der Waals surface area (Å²) < 4.78 is 5.40. The van der Waals surface area contributed by atoms with E-state index in [1.165, 1.54) is 10.4 Å². The molecule has 2 rings (SSSR count). The first-order chi connectivity index (χ1) is 8.35. The number of methoxy groups -OCH3 is 1. The van der Waals surface area contributed by atoms with Crippen LogP contribution in [0.15, 0.2) is 41.8 Å². The maximum absolute atomic E-state index is 5.89. The molecule has 0 radical (unpaired) electrons. The van der Waals surface area contributed by atoms with Gasteiger partial charge in [0.1, 0.15) is 5.75 Å². The van der Waals surface area contributed by atoms with Gasteiger partial charge in [-0.1, -0.05) is 24.3 Å². The summed E-state index contributed by atoms with van der Waals surface area (Å²) in [7, 11) is 1.71. The van der Waals surface area contributed by atoms with Crippen molar-refractivity contribution in [2.45, 2.75) is 12.3 Å². The Morgan fingerprint density at radius 1 is 1.24 bits per heavy atom. The molecule has 0 fully saturated rings. The molecule has 2 nitrogen and oxygen atoms in total. The Balaban J connectivity index is 2.22. The predicted octanol–water partition coefficient (Wildman–Crippen LogP) is 3.04. The molecular formula is C14H17NOS. The molecule has 1 heterocycles. The topological polar surface area (TPSA) is 35.2 Å². The first kappa shape index (κ1) is 12.1. The van der Waals surface area contributed by atoms with Gasteiger partial charge in [-0.25, -0.2) is 0 Å². The van der Waals surface area contributed by atoms with Crippen molar-refractivity contribution in [1.29, 1.82) is 0 Å². The van der Waals surface area contributed by atoms with E-state index in [9.17, 15) is 0 Å². The van der Waals surface area contributed by atoms with Crippen molar-refractivity contribution in [2.75, 3.05) is 13.7 Å². The van der Waals surface area contributed by atoms with Crippen LogP contribution in [0.25, 0.3) is 0 Å². The van der Waals surface area contributed by atoms with Crippen molar-refractivity contribution in [1.82, 2.24) is 0 Å². The highest BCUT2D eigenvalue weighted by Gasteiger charge is 2.15. The average molecular weight is 247 g/mol. The van der Waals surface area contributed by atoms with Crippen LogP contribution in [-0.2, 0) is 6.42 Å². The zero-order valence-electron chi connectivity index (χ0n) is 9.93. The second kappa shape index (κ2) is 5.84. The van der Waals surface area contributed by atoms with Gasteiger partial charge >= 0.3 is 0 Å². The largest absolute Gasteiger partial charge is 0.496 e. The van der Waals surface area contributed by atoms with Crippen LogP contribution >= 0.6 is 11.3 Å². The van der Waals surface area contributed by atoms with Gasteiger partial charge in [-0.05, 0) is 36.0 Å². The van der Waals surface area contributed by atoms with Gasteiger partial charge in [-0.3, -0.25) is 0 Å². The second-order valence-corrected chi connectivity index (χ2v) is 4.99. The maximum atomic E-state index is 5.89. The minimum Gasteiger partial charge on any atom is -0.496 e. The second-order valence-electron chi connectivity index (χ2n) is 3.96. The van der Waals surface area contributed by atoms with Crippen LogP contribution in [0.1, 0.15) is 16.4 Å². The van der Waals surface area contributed by atoms with Gasteiger partial charge in [0.2, 0.25) is 0 Å². The van der Waals surface area contributed by atoms with E-state index < -0.39 is 0 Å². The Bertz CT molecular complexity index is 453. The number of hydrogen-bond acceptors (Lipinski definition) is 3. The summed E-state index contributed by atoms with van der Waals surface area (Å²) in [5.41, 5.74) is 7.09. The van der Waals surface area contributed by atoms with Gasteiger partial charge in [0.05, 0.1) is 7.11 Å². The third kappa shape index (κ3) is 2.87. The van der Waals surface area contributed by atoms with Crippen LogP contribution in [-0.4, -0.2) is 13.7 Å². The smallest absolute Gasteiger partial charge is 0.122 e. The molecule has 0 aliphatic carbocycles. The summed E-state index contributed by atoms with van der Waals surface area (Å²) in [6, 6.07) is 12.4. The third-order valence-electron chi connectivity index (χ3n) is 2.89. The van der Waals surface area contributed by atoms with Crippen molar-refractivity contribution < 1.29 is 4.74 Å². The van der Waals surface area contributed by atoms with E-state index in [0.717, 1.165) is 12.2 Å². The first-order valence-electron chi connectivity index (χ1n) is 5.70. The molecule has 1 unspecified atom stereocenters. The molecule has 0 bridgehead atoms.